The molecule has 1 heterocycles. The van der Waals surface area contributed by atoms with Crippen molar-refractivity contribution >= 4 is 11.5 Å². The van der Waals surface area contributed by atoms with Crippen LogP contribution in [-0.4, -0.2) is 15.9 Å². The molecule has 0 N–H and O–H groups in total. The summed E-state index contributed by atoms with van der Waals surface area (Å²) in [7, 11) is 0. The Labute approximate surface area is 108 Å². The molecule has 0 bridgehead atoms. The Hall–Kier alpha value is -2.50. The molecule has 0 fully saturated rings. The van der Waals surface area contributed by atoms with Gasteiger partial charge in [0, 0.05) is 12.5 Å². The molecule has 0 amide bonds. The minimum absolute atomic E-state index is 0.0596. The highest BCUT2D eigenvalue weighted by Crippen LogP contribution is 2.36. The lowest BCUT2D eigenvalue weighted by Gasteiger charge is -2.08. The third kappa shape index (κ3) is 1.81. The summed E-state index contributed by atoms with van der Waals surface area (Å²) in [4.78, 5) is 22.5. The molecule has 0 radical (unpaired) electrons. The predicted molar refractivity (Wildman–Crippen MR) is 65.9 cm³/mol. The van der Waals surface area contributed by atoms with Crippen LogP contribution in [0.15, 0.2) is 28.8 Å². The van der Waals surface area contributed by atoms with Crippen LogP contribution in [0.25, 0.3) is 11.3 Å². The van der Waals surface area contributed by atoms with Gasteiger partial charge < -0.3 is 4.52 Å². The summed E-state index contributed by atoms with van der Waals surface area (Å²) in [5.74, 6) is 0.155. The molecule has 0 saturated carbocycles. The van der Waals surface area contributed by atoms with Gasteiger partial charge in [0.1, 0.15) is 0 Å². The highest BCUT2D eigenvalue weighted by molar-refractivity contribution is 6.03. The zero-order valence-corrected chi connectivity index (χ0v) is 9.96. The molecule has 96 valence electrons. The van der Waals surface area contributed by atoms with Gasteiger partial charge in [-0.15, -0.1) is 0 Å². The molecule has 1 aromatic heterocycles. The van der Waals surface area contributed by atoms with Crippen LogP contribution in [0.4, 0.5) is 5.69 Å². The van der Waals surface area contributed by atoms with Crippen LogP contribution in [0.5, 0.6) is 0 Å². The van der Waals surface area contributed by atoms with Crippen molar-refractivity contribution in [1.82, 2.24) is 5.16 Å². The SMILES string of the molecule is O=C1CCCc2noc(-c3ccccc3[N+](=O)[O-])c21. The van der Waals surface area contributed by atoms with Crippen molar-refractivity contribution in [2.24, 2.45) is 0 Å². The molecule has 0 saturated heterocycles. The summed E-state index contributed by atoms with van der Waals surface area (Å²) in [5.41, 5.74) is 1.22. The van der Waals surface area contributed by atoms with Crippen LogP contribution in [0, 0.1) is 10.1 Å². The fourth-order valence-electron chi connectivity index (χ4n) is 2.33. The third-order valence-corrected chi connectivity index (χ3v) is 3.20. The van der Waals surface area contributed by atoms with Gasteiger partial charge in [0.15, 0.2) is 11.5 Å². The van der Waals surface area contributed by atoms with Gasteiger partial charge in [-0.25, -0.2) is 0 Å². The maximum Gasteiger partial charge on any atom is 0.280 e. The van der Waals surface area contributed by atoms with E-state index in [-0.39, 0.29) is 17.2 Å². The Morgan fingerprint density at radius 2 is 2.05 bits per heavy atom. The number of hydrogen-bond acceptors (Lipinski definition) is 5. The highest BCUT2D eigenvalue weighted by atomic mass is 16.6. The van der Waals surface area contributed by atoms with E-state index in [1.165, 1.54) is 6.07 Å². The zero-order valence-electron chi connectivity index (χ0n) is 9.96. The number of aromatic nitrogens is 1. The largest absolute Gasteiger partial charge is 0.355 e. The van der Waals surface area contributed by atoms with Gasteiger partial charge in [-0.1, -0.05) is 17.3 Å². The van der Waals surface area contributed by atoms with E-state index in [0.717, 1.165) is 6.42 Å². The molecule has 0 atom stereocenters. The lowest BCUT2D eigenvalue weighted by Crippen LogP contribution is -2.10. The van der Waals surface area contributed by atoms with Crippen molar-refractivity contribution in [2.75, 3.05) is 0 Å². The van der Waals surface area contributed by atoms with Crippen molar-refractivity contribution in [1.29, 1.82) is 0 Å². The number of nitro groups is 1. The predicted octanol–water partition coefficient (Wildman–Crippen LogP) is 2.77. The van der Waals surface area contributed by atoms with E-state index in [1.807, 2.05) is 0 Å². The summed E-state index contributed by atoms with van der Waals surface area (Å²) in [6.45, 7) is 0. The molecule has 0 unspecified atom stereocenters. The molecule has 1 aliphatic rings. The van der Waals surface area contributed by atoms with Gasteiger partial charge in [-0.3, -0.25) is 14.9 Å². The van der Waals surface area contributed by atoms with E-state index >= 15 is 0 Å². The van der Waals surface area contributed by atoms with Crippen molar-refractivity contribution in [3.8, 4) is 11.3 Å². The van der Waals surface area contributed by atoms with Crippen molar-refractivity contribution < 1.29 is 14.2 Å². The maximum atomic E-state index is 12.0. The van der Waals surface area contributed by atoms with Gasteiger partial charge >= 0.3 is 0 Å². The lowest BCUT2D eigenvalue weighted by molar-refractivity contribution is -0.384. The quantitative estimate of drug-likeness (QED) is 0.610. The van der Waals surface area contributed by atoms with Crippen LogP contribution in [0.1, 0.15) is 28.9 Å². The summed E-state index contributed by atoms with van der Waals surface area (Å²) < 4.78 is 5.19. The van der Waals surface area contributed by atoms with Crippen LogP contribution in [0.3, 0.4) is 0 Å². The Balaban J connectivity index is 2.21. The summed E-state index contributed by atoms with van der Waals surface area (Å²) in [6, 6.07) is 6.20. The highest BCUT2D eigenvalue weighted by Gasteiger charge is 2.30. The lowest BCUT2D eigenvalue weighted by atomic mass is 9.92. The smallest absolute Gasteiger partial charge is 0.280 e. The first-order valence-corrected chi connectivity index (χ1v) is 5.94. The first kappa shape index (κ1) is 11.6. The number of Topliss-reactive ketones (excluding diaryl/α,β-unsaturated/α-hetero) is 1. The summed E-state index contributed by atoms with van der Waals surface area (Å²) >= 11 is 0. The average Bonchev–Trinajstić information content (AvgIpc) is 2.84. The van der Waals surface area contributed by atoms with Crippen LogP contribution >= 0.6 is 0 Å². The number of aryl methyl sites for hydroxylation is 1. The molecule has 0 aliphatic heterocycles. The molecular formula is C13H10N2O4. The Morgan fingerprint density at radius 3 is 2.84 bits per heavy atom. The molecule has 0 spiro atoms. The van der Waals surface area contributed by atoms with E-state index < -0.39 is 4.92 Å². The minimum Gasteiger partial charge on any atom is -0.355 e. The van der Waals surface area contributed by atoms with E-state index in [9.17, 15) is 14.9 Å². The number of rotatable bonds is 2. The number of para-hydroxylation sites is 1. The Morgan fingerprint density at radius 1 is 1.26 bits per heavy atom. The number of nitro benzene ring substituents is 1. The third-order valence-electron chi connectivity index (χ3n) is 3.20. The van der Waals surface area contributed by atoms with Gasteiger partial charge in [-0.2, -0.15) is 0 Å². The zero-order chi connectivity index (χ0) is 13.4. The van der Waals surface area contributed by atoms with Crippen molar-refractivity contribution in [3.05, 3.63) is 45.6 Å². The van der Waals surface area contributed by atoms with Crippen LogP contribution in [-0.2, 0) is 6.42 Å². The minimum atomic E-state index is -0.489. The molecule has 6 nitrogen and oxygen atoms in total. The second kappa shape index (κ2) is 4.31. The molecule has 1 aliphatic carbocycles. The van der Waals surface area contributed by atoms with E-state index in [1.54, 1.807) is 18.2 Å². The molecule has 19 heavy (non-hydrogen) atoms. The topological polar surface area (TPSA) is 86.2 Å². The molecule has 3 rings (SSSR count). The fourth-order valence-corrected chi connectivity index (χ4v) is 2.33. The average molecular weight is 258 g/mol. The first-order valence-electron chi connectivity index (χ1n) is 5.94. The first-order chi connectivity index (χ1) is 9.18. The maximum absolute atomic E-state index is 12.0. The number of ketones is 1. The van der Waals surface area contributed by atoms with E-state index in [2.05, 4.69) is 5.16 Å². The number of benzene rings is 1. The summed E-state index contributed by atoms with van der Waals surface area (Å²) in [5, 5.41) is 14.9. The van der Waals surface area contributed by atoms with Crippen molar-refractivity contribution in [2.45, 2.75) is 19.3 Å². The van der Waals surface area contributed by atoms with Gasteiger partial charge in [-0.05, 0) is 18.9 Å². The Kier molecular flexibility index (Phi) is 2.63. The monoisotopic (exact) mass is 258 g/mol. The number of carbonyl (C=O) groups is 1. The molecule has 1 aromatic carbocycles. The molecule has 2 aromatic rings. The van der Waals surface area contributed by atoms with Crippen LogP contribution in [0.2, 0.25) is 0 Å². The van der Waals surface area contributed by atoms with Gasteiger partial charge in [0.05, 0.1) is 21.7 Å². The summed E-state index contributed by atoms with van der Waals surface area (Å²) in [6.07, 6.45) is 1.85. The van der Waals surface area contributed by atoms with Crippen LogP contribution < -0.4 is 0 Å². The van der Waals surface area contributed by atoms with Gasteiger partial charge in [0.2, 0.25) is 0 Å². The van der Waals surface area contributed by atoms with E-state index in [4.69, 9.17) is 4.52 Å². The standard InChI is InChI=1S/C13H10N2O4/c16-11-7-3-5-9-12(11)13(19-14-9)8-4-1-2-6-10(8)15(17)18/h1-2,4,6H,3,5,7H2. The number of carbonyl (C=O) groups excluding carboxylic acids is 1. The number of nitrogens with zero attached hydrogens (tertiary/aromatic N) is 2. The van der Waals surface area contributed by atoms with E-state index in [0.29, 0.717) is 29.7 Å². The number of hydrogen-bond donors (Lipinski definition) is 0. The van der Waals surface area contributed by atoms with Crippen molar-refractivity contribution in [3.63, 3.8) is 0 Å². The fraction of sp³-hybridized carbons (Fsp3) is 0.231. The normalized spacial score (nSPS) is 14.2. The Bertz CT molecular complexity index is 675. The molecule has 6 heteroatoms. The second-order valence-electron chi connectivity index (χ2n) is 4.38. The number of fused-ring (bicyclic) bond motifs is 1. The van der Waals surface area contributed by atoms with Gasteiger partial charge in [0.25, 0.3) is 5.69 Å². The molecular weight excluding hydrogens is 248 g/mol. The second-order valence-corrected chi connectivity index (χ2v) is 4.38.